The molecule has 0 bridgehead atoms. The van der Waals surface area contributed by atoms with E-state index in [1.807, 2.05) is 12.1 Å². The molecular formula is C12H17N3O3. The van der Waals surface area contributed by atoms with Gasteiger partial charge in [0.2, 0.25) is 5.91 Å². The Bertz CT molecular complexity index is 395. The second-order valence-electron chi connectivity index (χ2n) is 3.94. The zero-order valence-corrected chi connectivity index (χ0v) is 10.0. The van der Waals surface area contributed by atoms with Crippen molar-refractivity contribution < 1.29 is 14.7 Å². The quantitative estimate of drug-likeness (QED) is 0.629. The van der Waals surface area contributed by atoms with Gasteiger partial charge in [-0.25, -0.2) is 0 Å². The van der Waals surface area contributed by atoms with Gasteiger partial charge in [0.15, 0.2) is 0 Å². The molecule has 0 radical (unpaired) electrons. The van der Waals surface area contributed by atoms with Gasteiger partial charge in [0.25, 0.3) is 0 Å². The minimum Gasteiger partial charge on any atom is -0.480 e. The summed E-state index contributed by atoms with van der Waals surface area (Å²) in [6.45, 7) is 0.519. The van der Waals surface area contributed by atoms with Crippen LogP contribution in [-0.2, 0) is 16.0 Å². The van der Waals surface area contributed by atoms with E-state index in [0.29, 0.717) is 6.54 Å². The van der Waals surface area contributed by atoms with E-state index < -0.39 is 12.0 Å². The number of aliphatic carboxylic acids is 1. The van der Waals surface area contributed by atoms with Gasteiger partial charge in [0.1, 0.15) is 6.04 Å². The number of aromatic nitrogens is 1. The molecule has 0 aliphatic carbocycles. The minimum absolute atomic E-state index is 0.129. The largest absolute Gasteiger partial charge is 0.480 e. The molecule has 98 valence electrons. The minimum atomic E-state index is -1.08. The van der Waals surface area contributed by atoms with Gasteiger partial charge in [-0.3, -0.25) is 14.6 Å². The first-order valence-corrected chi connectivity index (χ1v) is 5.73. The van der Waals surface area contributed by atoms with Gasteiger partial charge in [0.05, 0.1) is 0 Å². The van der Waals surface area contributed by atoms with Gasteiger partial charge in [-0.2, -0.15) is 0 Å². The van der Waals surface area contributed by atoms with E-state index in [1.165, 1.54) is 0 Å². The molecule has 6 heteroatoms. The smallest absolute Gasteiger partial charge is 0.320 e. The molecule has 0 spiro atoms. The monoisotopic (exact) mass is 251 g/mol. The fourth-order valence-corrected chi connectivity index (χ4v) is 1.39. The van der Waals surface area contributed by atoms with Gasteiger partial charge in [-0.05, 0) is 30.5 Å². The maximum Gasteiger partial charge on any atom is 0.320 e. The van der Waals surface area contributed by atoms with Crippen molar-refractivity contribution in [3.63, 3.8) is 0 Å². The molecule has 1 aromatic rings. The summed E-state index contributed by atoms with van der Waals surface area (Å²) in [6, 6.07) is 2.79. The van der Waals surface area contributed by atoms with Crippen molar-refractivity contribution in [2.24, 2.45) is 5.73 Å². The molecule has 1 rings (SSSR count). The molecule has 0 aliphatic heterocycles. The summed E-state index contributed by atoms with van der Waals surface area (Å²) in [5, 5.41) is 11.3. The molecule has 0 saturated carbocycles. The van der Waals surface area contributed by atoms with E-state index in [1.54, 1.807) is 12.4 Å². The van der Waals surface area contributed by atoms with Crippen LogP contribution < -0.4 is 11.1 Å². The van der Waals surface area contributed by atoms with Crippen LogP contribution in [0.2, 0.25) is 0 Å². The molecule has 1 atom stereocenters. The van der Waals surface area contributed by atoms with Gasteiger partial charge < -0.3 is 16.2 Å². The zero-order chi connectivity index (χ0) is 13.4. The molecule has 18 heavy (non-hydrogen) atoms. The zero-order valence-electron chi connectivity index (χ0n) is 10.0. The van der Waals surface area contributed by atoms with Crippen molar-refractivity contribution in [3.05, 3.63) is 30.1 Å². The van der Waals surface area contributed by atoms with Crippen molar-refractivity contribution >= 4 is 11.9 Å². The molecule has 1 amide bonds. The summed E-state index contributed by atoms with van der Waals surface area (Å²) in [4.78, 5) is 25.7. The molecule has 0 aromatic carbocycles. The first-order valence-electron chi connectivity index (χ1n) is 5.73. The highest BCUT2D eigenvalue weighted by Gasteiger charge is 2.12. The Morgan fingerprint density at radius 2 is 2.06 bits per heavy atom. The number of pyridine rings is 1. The van der Waals surface area contributed by atoms with Crippen LogP contribution in [0.25, 0.3) is 0 Å². The van der Waals surface area contributed by atoms with Crippen molar-refractivity contribution in [2.45, 2.75) is 25.3 Å². The topological polar surface area (TPSA) is 105 Å². The number of carbonyl (C=O) groups is 2. The van der Waals surface area contributed by atoms with Gasteiger partial charge >= 0.3 is 5.97 Å². The molecule has 0 unspecified atom stereocenters. The standard InChI is InChI=1S/C12H17N3O3/c13-10(12(17)18)1-2-11(16)15-8-5-9-3-6-14-7-4-9/h3-4,6-7,10H,1-2,5,8,13H2,(H,15,16)(H,17,18)/t10-/m0/s1. The Morgan fingerprint density at radius 3 is 2.67 bits per heavy atom. The van der Waals surface area contributed by atoms with Crippen molar-refractivity contribution in [3.8, 4) is 0 Å². The third-order valence-electron chi connectivity index (χ3n) is 2.48. The Hall–Kier alpha value is -1.95. The third-order valence-corrected chi connectivity index (χ3v) is 2.48. The summed E-state index contributed by atoms with van der Waals surface area (Å²) in [5.74, 6) is -1.26. The number of amides is 1. The molecule has 0 aliphatic rings. The van der Waals surface area contributed by atoms with E-state index in [2.05, 4.69) is 10.3 Å². The summed E-state index contributed by atoms with van der Waals surface area (Å²) >= 11 is 0. The molecule has 4 N–H and O–H groups in total. The SMILES string of the molecule is N[C@@H](CCC(=O)NCCc1ccncc1)C(=O)O. The van der Waals surface area contributed by atoms with Crippen LogP contribution in [0, 0.1) is 0 Å². The van der Waals surface area contributed by atoms with Crippen molar-refractivity contribution in [1.29, 1.82) is 0 Å². The Labute approximate surface area is 105 Å². The number of hydrogen-bond acceptors (Lipinski definition) is 4. The van der Waals surface area contributed by atoms with E-state index in [9.17, 15) is 9.59 Å². The number of hydrogen-bond donors (Lipinski definition) is 3. The highest BCUT2D eigenvalue weighted by molar-refractivity contribution is 5.78. The second-order valence-corrected chi connectivity index (χ2v) is 3.94. The first-order chi connectivity index (χ1) is 8.59. The number of nitrogens with zero attached hydrogens (tertiary/aromatic N) is 1. The normalized spacial score (nSPS) is 11.8. The fraction of sp³-hybridized carbons (Fsp3) is 0.417. The summed E-state index contributed by atoms with van der Waals surface area (Å²) in [7, 11) is 0. The van der Waals surface area contributed by atoms with Gasteiger partial charge in [-0.15, -0.1) is 0 Å². The van der Waals surface area contributed by atoms with Crippen LogP contribution in [0.15, 0.2) is 24.5 Å². The molecular weight excluding hydrogens is 234 g/mol. The lowest BCUT2D eigenvalue weighted by Crippen LogP contribution is -2.33. The summed E-state index contributed by atoms with van der Waals surface area (Å²) < 4.78 is 0. The highest BCUT2D eigenvalue weighted by Crippen LogP contribution is 1.97. The Balaban J connectivity index is 2.16. The molecule has 0 fully saturated rings. The summed E-state index contributed by atoms with van der Waals surface area (Å²) in [5.41, 5.74) is 6.39. The van der Waals surface area contributed by atoms with Crippen molar-refractivity contribution in [2.75, 3.05) is 6.54 Å². The maximum atomic E-state index is 11.4. The van der Waals surface area contributed by atoms with Crippen LogP contribution in [-0.4, -0.2) is 34.6 Å². The lowest BCUT2D eigenvalue weighted by molar-refractivity contribution is -0.138. The van der Waals surface area contributed by atoms with Crippen molar-refractivity contribution in [1.82, 2.24) is 10.3 Å². The lowest BCUT2D eigenvalue weighted by Gasteiger charge is -2.07. The number of rotatable bonds is 7. The van der Waals surface area contributed by atoms with Crippen LogP contribution in [0.4, 0.5) is 0 Å². The number of nitrogens with two attached hydrogens (primary N) is 1. The highest BCUT2D eigenvalue weighted by atomic mass is 16.4. The van der Waals surface area contributed by atoms with Crippen LogP contribution >= 0.6 is 0 Å². The van der Waals surface area contributed by atoms with Crippen LogP contribution in [0.5, 0.6) is 0 Å². The fourth-order valence-electron chi connectivity index (χ4n) is 1.39. The first kappa shape index (κ1) is 14.1. The predicted molar refractivity (Wildman–Crippen MR) is 65.8 cm³/mol. The van der Waals surface area contributed by atoms with Gasteiger partial charge in [-0.1, -0.05) is 0 Å². The van der Waals surface area contributed by atoms with E-state index in [-0.39, 0.29) is 18.7 Å². The van der Waals surface area contributed by atoms with E-state index >= 15 is 0 Å². The van der Waals surface area contributed by atoms with Crippen LogP contribution in [0.3, 0.4) is 0 Å². The number of carboxylic acid groups (broad SMARTS) is 1. The molecule has 0 saturated heterocycles. The number of nitrogens with one attached hydrogen (secondary N) is 1. The number of carbonyl (C=O) groups excluding carboxylic acids is 1. The second kappa shape index (κ2) is 7.39. The predicted octanol–water partition coefficient (Wildman–Crippen LogP) is -0.0676. The maximum absolute atomic E-state index is 11.4. The third kappa shape index (κ3) is 5.40. The molecule has 6 nitrogen and oxygen atoms in total. The summed E-state index contributed by atoms with van der Waals surface area (Å²) in [6.07, 6.45) is 4.39. The average Bonchev–Trinajstić information content (AvgIpc) is 2.37. The lowest BCUT2D eigenvalue weighted by atomic mass is 10.1. The number of carboxylic acids is 1. The van der Waals surface area contributed by atoms with E-state index in [4.69, 9.17) is 10.8 Å². The molecule has 1 heterocycles. The van der Waals surface area contributed by atoms with Gasteiger partial charge in [0, 0.05) is 25.4 Å². The van der Waals surface area contributed by atoms with E-state index in [0.717, 1.165) is 12.0 Å². The molecule has 1 aromatic heterocycles. The Kier molecular flexibility index (Phi) is 5.79. The van der Waals surface area contributed by atoms with Crippen LogP contribution in [0.1, 0.15) is 18.4 Å². The average molecular weight is 251 g/mol. The Morgan fingerprint density at radius 1 is 1.39 bits per heavy atom.